The summed E-state index contributed by atoms with van der Waals surface area (Å²) < 4.78 is 0.991. The van der Waals surface area contributed by atoms with Gasteiger partial charge in [-0.3, -0.25) is 4.98 Å². The predicted molar refractivity (Wildman–Crippen MR) is 73.7 cm³/mol. The molecule has 1 aromatic heterocycles. The third-order valence-electron chi connectivity index (χ3n) is 2.72. The summed E-state index contributed by atoms with van der Waals surface area (Å²) in [7, 11) is 0. The second-order valence-corrected chi connectivity index (χ2v) is 5.10. The number of hydrogen-bond donors (Lipinski definition) is 1. The van der Waals surface area contributed by atoms with E-state index >= 15 is 0 Å². The second-order valence-electron chi connectivity index (χ2n) is 4.19. The summed E-state index contributed by atoms with van der Waals surface area (Å²) in [5, 5.41) is 0. The number of pyridine rings is 1. The maximum atomic E-state index is 6.16. The molecule has 88 valence electrons. The van der Waals surface area contributed by atoms with Crippen LogP contribution in [0.25, 0.3) is 0 Å². The lowest BCUT2D eigenvalue weighted by atomic mass is 10.0. The molecular formula is C14H15BrN2. The van der Waals surface area contributed by atoms with Crippen molar-refractivity contribution in [2.75, 3.05) is 0 Å². The van der Waals surface area contributed by atoms with Gasteiger partial charge in [-0.15, -0.1) is 0 Å². The van der Waals surface area contributed by atoms with Gasteiger partial charge in [0, 0.05) is 28.8 Å². The van der Waals surface area contributed by atoms with E-state index < -0.39 is 0 Å². The van der Waals surface area contributed by atoms with E-state index in [-0.39, 0.29) is 6.04 Å². The number of nitrogens with two attached hydrogens (primary N) is 1. The maximum absolute atomic E-state index is 6.16. The first kappa shape index (κ1) is 12.3. The molecule has 2 aromatic rings. The van der Waals surface area contributed by atoms with Crippen molar-refractivity contribution in [1.29, 1.82) is 0 Å². The van der Waals surface area contributed by atoms with E-state index in [0.717, 1.165) is 22.2 Å². The van der Waals surface area contributed by atoms with Gasteiger partial charge in [-0.05, 0) is 40.5 Å². The fourth-order valence-corrected chi connectivity index (χ4v) is 1.92. The van der Waals surface area contributed by atoms with Crippen molar-refractivity contribution in [3.8, 4) is 0 Å². The van der Waals surface area contributed by atoms with Crippen LogP contribution in [0.15, 0.2) is 47.1 Å². The number of aromatic nitrogens is 1. The number of hydrogen-bond acceptors (Lipinski definition) is 2. The van der Waals surface area contributed by atoms with Gasteiger partial charge in [-0.1, -0.05) is 29.8 Å². The van der Waals surface area contributed by atoms with E-state index in [9.17, 15) is 0 Å². The van der Waals surface area contributed by atoms with Crippen molar-refractivity contribution in [3.63, 3.8) is 0 Å². The Hall–Kier alpha value is -1.19. The molecule has 2 N–H and O–H groups in total. The molecule has 1 aromatic carbocycles. The molecule has 1 unspecified atom stereocenters. The van der Waals surface area contributed by atoms with Crippen molar-refractivity contribution in [2.45, 2.75) is 19.4 Å². The third kappa shape index (κ3) is 3.38. The largest absolute Gasteiger partial charge is 0.324 e. The summed E-state index contributed by atoms with van der Waals surface area (Å²) in [6.45, 7) is 2.07. The van der Waals surface area contributed by atoms with Crippen LogP contribution in [0.1, 0.15) is 22.9 Å². The summed E-state index contributed by atoms with van der Waals surface area (Å²) >= 11 is 3.37. The Morgan fingerprint density at radius 2 is 1.88 bits per heavy atom. The summed E-state index contributed by atoms with van der Waals surface area (Å²) in [6.07, 6.45) is 2.56. The molecule has 3 heteroatoms. The van der Waals surface area contributed by atoms with Gasteiger partial charge in [0.25, 0.3) is 0 Å². The Kier molecular flexibility index (Phi) is 3.92. The number of halogens is 1. The van der Waals surface area contributed by atoms with Crippen molar-refractivity contribution >= 4 is 15.9 Å². The molecule has 2 rings (SSSR count). The molecule has 0 aliphatic heterocycles. The zero-order valence-corrected chi connectivity index (χ0v) is 11.3. The highest BCUT2D eigenvalue weighted by Gasteiger charge is 2.07. The van der Waals surface area contributed by atoms with E-state index in [2.05, 4.69) is 52.1 Å². The average Bonchev–Trinajstić information content (AvgIpc) is 2.33. The fourth-order valence-electron chi connectivity index (χ4n) is 1.68. The van der Waals surface area contributed by atoms with Crippen LogP contribution in [0.3, 0.4) is 0 Å². The lowest BCUT2D eigenvalue weighted by Crippen LogP contribution is -2.13. The standard InChI is InChI=1S/C14H15BrN2/c1-10-2-4-11(5-3-10)14(16)8-13-7-6-12(15)9-17-13/h2-7,9,14H,8,16H2,1H3. The molecule has 0 fully saturated rings. The topological polar surface area (TPSA) is 38.9 Å². The lowest BCUT2D eigenvalue weighted by molar-refractivity contribution is 0.706. The first-order valence-corrected chi connectivity index (χ1v) is 6.37. The minimum absolute atomic E-state index is 0.00396. The minimum atomic E-state index is 0.00396. The summed E-state index contributed by atoms with van der Waals surface area (Å²) in [5.74, 6) is 0. The van der Waals surface area contributed by atoms with Gasteiger partial charge >= 0.3 is 0 Å². The lowest BCUT2D eigenvalue weighted by Gasteiger charge is -2.11. The number of aryl methyl sites for hydroxylation is 1. The molecule has 0 saturated carbocycles. The van der Waals surface area contributed by atoms with Gasteiger partial charge < -0.3 is 5.73 Å². The number of nitrogens with zero attached hydrogens (tertiary/aromatic N) is 1. The smallest absolute Gasteiger partial charge is 0.0423 e. The molecule has 0 radical (unpaired) electrons. The molecule has 2 nitrogen and oxygen atoms in total. The molecule has 17 heavy (non-hydrogen) atoms. The predicted octanol–water partition coefficient (Wildman–Crippen LogP) is 3.40. The fraction of sp³-hybridized carbons (Fsp3) is 0.214. The Labute approximate surface area is 110 Å². The van der Waals surface area contributed by atoms with Gasteiger partial charge in [0.05, 0.1) is 0 Å². The molecule has 0 aliphatic rings. The van der Waals surface area contributed by atoms with Crippen molar-refractivity contribution in [3.05, 3.63) is 63.9 Å². The van der Waals surface area contributed by atoms with E-state index in [0.29, 0.717) is 0 Å². The van der Waals surface area contributed by atoms with E-state index in [1.54, 1.807) is 6.20 Å². The highest BCUT2D eigenvalue weighted by molar-refractivity contribution is 9.10. The van der Waals surface area contributed by atoms with Crippen molar-refractivity contribution < 1.29 is 0 Å². The van der Waals surface area contributed by atoms with Gasteiger partial charge in [0.2, 0.25) is 0 Å². The average molecular weight is 291 g/mol. The summed E-state index contributed by atoms with van der Waals surface area (Å²) in [6, 6.07) is 12.3. The number of rotatable bonds is 3. The Bertz CT molecular complexity index is 477. The molecule has 0 bridgehead atoms. The minimum Gasteiger partial charge on any atom is -0.324 e. The summed E-state index contributed by atoms with van der Waals surface area (Å²) in [5.41, 5.74) is 9.58. The SMILES string of the molecule is Cc1ccc(C(N)Cc2ccc(Br)cn2)cc1. The summed E-state index contributed by atoms with van der Waals surface area (Å²) in [4.78, 5) is 4.33. The van der Waals surface area contributed by atoms with Crippen LogP contribution in [0, 0.1) is 6.92 Å². The molecule has 1 heterocycles. The van der Waals surface area contributed by atoms with Gasteiger partial charge in [0.15, 0.2) is 0 Å². The Balaban J connectivity index is 2.08. The monoisotopic (exact) mass is 290 g/mol. The normalized spacial score (nSPS) is 12.4. The van der Waals surface area contributed by atoms with Crippen LogP contribution in [0.4, 0.5) is 0 Å². The first-order valence-electron chi connectivity index (χ1n) is 5.58. The van der Waals surface area contributed by atoms with Crippen LogP contribution in [0.5, 0.6) is 0 Å². The highest BCUT2D eigenvalue weighted by Crippen LogP contribution is 2.16. The molecule has 1 atom stereocenters. The molecule has 0 aliphatic carbocycles. The van der Waals surface area contributed by atoms with Gasteiger partial charge in [-0.25, -0.2) is 0 Å². The zero-order chi connectivity index (χ0) is 12.3. The van der Waals surface area contributed by atoms with Gasteiger partial charge in [0.1, 0.15) is 0 Å². The van der Waals surface area contributed by atoms with Crippen LogP contribution >= 0.6 is 15.9 Å². The molecular weight excluding hydrogens is 276 g/mol. The van der Waals surface area contributed by atoms with Gasteiger partial charge in [-0.2, -0.15) is 0 Å². The highest BCUT2D eigenvalue weighted by atomic mass is 79.9. The van der Waals surface area contributed by atoms with Crippen molar-refractivity contribution in [1.82, 2.24) is 4.98 Å². The van der Waals surface area contributed by atoms with Crippen molar-refractivity contribution in [2.24, 2.45) is 5.73 Å². The molecule has 0 amide bonds. The third-order valence-corrected chi connectivity index (χ3v) is 3.19. The van der Waals surface area contributed by atoms with Crippen LogP contribution in [0.2, 0.25) is 0 Å². The van der Waals surface area contributed by atoms with Crippen LogP contribution < -0.4 is 5.73 Å². The quantitative estimate of drug-likeness (QED) is 0.941. The van der Waals surface area contributed by atoms with E-state index in [4.69, 9.17) is 5.73 Å². The van der Waals surface area contributed by atoms with E-state index in [1.807, 2.05) is 12.1 Å². The maximum Gasteiger partial charge on any atom is 0.0423 e. The Morgan fingerprint density at radius 3 is 2.47 bits per heavy atom. The van der Waals surface area contributed by atoms with E-state index in [1.165, 1.54) is 5.56 Å². The number of benzene rings is 1. The first-order chi connectivity index (χ1) is 8.15. The molecule has 0 saturated heterocycles. The molecule has 0 spiro atoms. The zero-order valence-electron chi connectivity index (χ0n) is 9.73. The second kappa shape index (κ2) is 5.43. The Morgan fingerprint density at radius 1 is 1.18 bits per heavy atom. The van der Waals surface area contributed by atoms with Crippen LogP contribution in [-0.2, 0) is 6.42 Å². The van der Waals surface area contributed by atoms with Crippen LogP contribution in [-0.4, -0.2) is 4.98 Å².